The third-order valence-corrected chi connectivity index (χ3v) is 3.28. The van der Waals surface area contributed by atoms with Crippen molar-refractivity contribution in [1.82, 2.24) is 20.3 Å². The zero-order valence-electron chi connectivity index (χ0n) is 11.1. The second kappa shape index (κ2) is 4.38. The van der Waals surface area contributed by atoms with Crippen molar-refractivity contribution in [3.05, 3.63) is 12.4 Å². The Morgan fingerprint density at radius 2 is 2.18 bits per heavy atom. The first-order valence-corrected chi connectivity index (χ1v) is 6.17. The van der Waals surface area contributed by atoms with Gasteiger partial charge >= 0.3 is 0 Å². The lowest BCUT2D eigenvalue weighted by Gasteiger charge is -2.27. The van der Waals surface area contributed by atoms with E-state index in [0.29, 0.717) is 6.04 Å². The second-order valence-electron chi connectivity index (χ2n) is 5.84. The fourth-order valence-corrected chi connectivity index (χ4v) is 2.59. The average Bonchev–Trinajstić information content (AvgIpc) is 2.72. The second-order valence-corrected chi connectivity index (χ2v) is 5.84. The maximum absolute atomic E-state index is 6.04. The fourth-order valence-electron chi connectivity index (χ4n) is 2.59. The minimum Gasteiger partial charge on any atom is -0.368 e. The molecule has 2 heterocycles. The summed E-state index contributed by atoms with van der Waals surface area (Å²) in [6, 6.07) is 0.390. The Labute approximate surface area is 103 Å². The third kappa shape index (κ3) is 3.04. The highest BCUT2D eigenvalue weighted by molar-refractivity contribution is 4.98. The van der Waals surface area contributed by atoms with E-state index in [9.17, 15) is 0 Å². The van der Waals surface area contributed by atoms with Gasteiger partial charge in [-0.25, -0.2) is 0 Å². The van der Waals surface area contributed by atoms with Crippen LogP contribution in [0.5, 0.6) is 0 Å². The molecule has 1 aromatic heterocycles. The minimum atomic E-state index is -0.105. The molecule has 1 atom stereocenters. The molecule has 17 heavy (non-hydrogen) atoms. The zero-order chi connectivity index (χ0) is 12.5. The Morgan fingerprint density at radius 1 is 1.41 bits per heavy atom. The van der Waals surface area contributed by atoms with Gasteiger partial charge in [0.25, 0.3) is 0 Å². The topological polar surface area (TPSA) is 52.0 Å². The SMILES string of the molecule is CC1(C)CC(NCCn2ccnn2)C(C)(C)O1. The summed E-state index contributed by atoms with van der Waals surface area (Å²) in [5, 5.41) is 11.3. The van der Waals surface area contributed by atoms with Gasteiger partial charge in [-0.2, -0.15) is 0 Å². The van der Waals surface area contributed by atoms with Gasteiger partial charge in [0.2, 0.25) is 0 Å². The average molecular weight is 238 g/mol. The van der Waals surface area contributed by atoms with Crippen LogP contribution >= 0.6 is 0 Å². The third-order valence-electron chi connectivity index (χ3n) is 3.28. The number of hydrogen-bond acceptors (Lipinski definition) is 4. The van der Waals surface area contributed by atoms with Crippen LogP contribution in [-0.4, -0.2) is 38.8 Å². The van der Waals surface area contributed by atoms with Gasteiger partial charge < -0.3 is 10.1 Å². The van der Waals surface area contributed by atoms with Crippen LogP contribution in [0.3, 0.4) is 0 Å². The molecule has 0 aliphatic carbocycles. The standard InChI is InChI=1S/C12H22N4O/c1-11(2)9-10(12(3,4)17-11)13-5-7-16-8-6-14-15-16/h6,8,10,13H,5,7,9H2,1-4H3. The molecule has 2 rings (SSSR count). The molecule has 1 saturated heterocycles. The minimum absolute atomic E-state index is 0.0333. The van der Waals surface area contributed by atoms with E-state index in [0.717, 1.165) is 19.5 Å². The number of ether oxygens (including phenoxy) is 1. The molecule has 1 fully saturated rings. The highest BCUT2D eigenvalue weighted by atomic mass is 16.5. The summed E-state index contributed by atoms with van der Waals surface area (Å²) < 4.78 is 7.87. The molecule has 1 aliphatic rings. The molecule has 1 aliphatic heterocycles. The van der Waals surface area contributed by atoms with E-state index >= 15 is 0 Å². The first-order valence-electron chi connectivity index (χ1n) is 6.17. The van der Waals surface area contributed by atoms with Crippen molar-refractivity contribution in [2.24, 2.45) is 0 Å². The van der Waals surface area contributed by atoms with Crippen LogP contribution in [-0.2, 0) is 11.3 Å². The van der Waals surface area contributed by atoms with Crippen molar-refractivity contribution in [1.29, 1.82) is 0 Å². The summed E-state index contributed by atoms with van der Waals surface area (Å²) in [6.45, 7) is 10.3. The quantitative estimate of drug-likeness (QED) is 0.856. The lowest BCUT2D eigenvalue weighted by Crippen LogP contribution is -2.44. The molecule has 1 unspecified atom stereocenters. The summed E-state index contributed by atoms with van der Waals surface area (Å²) in [4.78, 5) is 0. The fraction of sp³-hybridized carbons (Fsp3) is 0.833. The Balaban J connectivity index is 1.83. The molecule has 1 N–H and O–H groups in total. The molecule has 0 bridgehead atoms. The van der Waals surface area contributed by atoms with Crippen LogP contribution in [0.4, 0.5) is 0 Å². The first kappa shape index (κ1) is 12.5. The summed E-state index contributed by atoms with van der Waals surface area (Å²) in [5.74, 6) is 0. The predicted octanol–water partition coefficient (Wildman–Crippen LogP) is 1.21. The Bertz CT molecular complexity index is 359. The van der Waals surface area contributed by atoms with E-state index < -0.39 is 0 Å². The van der Waals surface area contributed by atoms with Gasteiger partial charge in [-0.3, -0.25) is 4.68 Å². The highest BCUT2D eigenvalue weighted by Crippen LogP contribution is 2.37. The first-order chi connectivity index (χ1) is 7.89. The Kier molecular flexibility index (Phi) is 3.23. The van der Waals surface area contributed by atoms with Crippen molar-refractivity contribution in [3.63, 3.8) is 0 Å². The predicted molar refractivity (Wildman–Crippen MR) is 65.7 cm³/mol. The van der Waals surface area contributed by atoms with Crippen LogP contribution in [0.2, 0.25) is 0 Å². The maximum Gasteiger partial charge on any atom is 0.0787 e. The molecular formula is C12H22N4O. The van der Waals surface area contributed by atoms with Gasteiger partial charge in [0.15, 0.2) is 0 Å². The summed E-state index contributed by atoms with van der Waals surface area (Å²) in [7, 11) is 0. The molecule has 0 amide bonds. The van der Waals surface area contributed by atoms with E-state index in [-0.39, 0.29) is 11.2 Å². The van der Waals surface area contributed by atoms with Crippen molar-refractivity contribution in [2.45, 2.75) is 57.9 Å². The molecular weight excluding hydrogens is 216 g/mol. The number of rotatable bonds is 4. The molecule has 0 radical (unpaired) electrons. The normalized spacial score (nSPS) is 26.2. The molecule has 0 spiro atoms. The van der Waals surface area contributed by atoms with Crippen LogP contribution in [0.1, 0.15) is 34.1 Å². The number of nitrogens with one attached hydrogen (secondary N) is 1. The number of hydrogen-bond donors (Lipinski definition) is 1. The van der Waals surface area contributed by atoms with Crippen molar-refractivity contribution >= 4 is 0 Å². The van der Waals surface area contributed by atoms with Gasteiger partial charge in [0.1, 0.15) is 0 Å². The molecule has 0 saturated carbocycles. The van der Waals surface area contributed by atoms with E-state index in [1.54, 1.807) is 6.20 Å². The Morgan fingerprint density at radius 3 is 2.71 bits per heavy atom. The van der Waals surface area contributed by atoms with Gasteiger partial charge in [-0.05, 0) is 34.1 Å². The largest absolute Gasteiger partial charge is 0.368 e. The van der Waals surface area contributed by atoms with Crippen LogP contribution in [0.15, 0.2) is 12.4 Å². The smallest absolute Gasteiger partial charge is 0.0787 e. The monoisotopic (exact) mass is 238 g/mol. The van der Waals surface area contributed by atoms with Gasteiger partial charge in [-0.1, -0.05) is 5.21 Å². The molecule has 96 valence electrons. The van der Waals surface area contributed by atoms with E-state index in [4.69, 9.17) is 4.74 Å². The van der Waals surface area contributed by atoms with Crippen LogP contribution in [0, 0.1) is 0 Å². The summed E-state index contributed by atoms with van der Waals surface area (Å²) >= 11 is 0. The van der Waals surface area contributed by atoms with Gasteiger partial charge in [0.05, 0.1) is 23.9 Å². The summed E-state index contributed by atoms with van der Waals surface area (Å²) in [5.41, 5.74) is -0.139. The van der Waals surface area contributed by atoms with Crippen LogP contribution in [0.25, 0.3) is 0 Å². The lowest BCUT2D eigenvalue weighted by molar-refractivity contribution is -0.0698. The summed E-state index contributed by atoms with van der Waals surface area (Å²) in [6.07, 6.45) is 4.62. The molecule has 1 aromatic rings. The van der Waals surface area contributed by atoms with E-state index in [1.165, 1.54) is 0 Å². The molecule has 0 aromatic carbocycles. The number of aromatic nitrogens is 3. The van der Waals surface area contributed by atoms with E-state index in [2.05, 4.69) is 43.3 Å². The lowest BCUT2D eigenvalue weighted by atomic mass is 9.94. The van der Waals surface area contributed by atoms with Gasteiger partial charge in [0, 0.05) is 18.8 Å². The zero-order valence-corrected chi connectivity index (χ0v) is 11.1. The Hall–Kier alpha value is -0.940. The van der Waals surface area contributed by atoms with Crippen molar-refractivity contribution in [3.8, 4) is 0 Å². The van der Waals surface area contributed by atoms with Crippen LogP contribution < -0.4 is 5.32 Å². The van der Waals surface area contributed by atoms with Crippen molar-refractivity contribution in [2.75, 3.05) is 6.54 Å². The molecule has 5 nitrogen and oxygen atoms in total. The molecule has 5 heteroatoms. The van der Waals surface area contributed by atoms with E-state index in [1.807, 2.05) is 10.9 Å². The maximum atomic E-state index is 6.04. The van der Waals surface area contributed by atoms with Crippen molar-refractivity contribution < 1.29 is 4.74 Å². The van der Waals surface area contributed by atoms with Gasteiger partial charge in [-0.15, -0.1) is 5.10 Å². The highest BCUT2D eigenvalue weighted by Gasteiger charge is 2.45. The number of nitrogens with zero attached hydrogens (tertiary/aromatic N) is 3.